The molecule has 0 atom stereocenters. The first-order chi connectivity index (χ1) is 14.0. The van der Waals surface area contributed by atoms with Crippen LogP contribution in [0.2, 0.25) is 0 Å². The fraction of sp³-hybridized carbons (Fsp3) is 0.417. The Morgan fingerprint density at radius 1 is 1.00 bits per heavy atom. The highest BCUT2D eigenvalue weighted by Crippen LogP contribution is 2.20. The van der Waals surface area contributed by atoms with Gasteiger partial charge in [0.2, 0.25) is 11.8 Å². The number of amides is 2. The molecule has 1 N–H and O–H groups in total. The number of carbonyl (C=O) groups is 2. The maximum Gasteiger partial charge on any atom is 0.241 e. The molecular formula is C24H31N3O2. The monoisotopic (exact) mass is 393 g/mol. The van der Waals surface area contributed by atoms with Crippen molar-refractivity contribution in [2.45, 2.75) is 39.3 Å². The van der Waals surface area contributed by atoms with Crippen molar-refractivity contribution in [2.24, 2.45) is 5.92 Å². The second-order valence-electron chi connectivity index (χ2n) is 7.95. The van der Waals surface area contributed by atoms with E-state index in [1.807, 2.05) is 79.4 Å². The summed E-state index contributed by atoms with van der Waals surface area (Å²) in [5.74, 6) is 0.256. The van der Waals surface area contributed by atoms with Gasteiger partial charge in [0, 0.05) is 24.2 Å². The highest BCUT2D eigenvalue weighted by molar-refractivity contribution is 5.95. The normalized spacial score (nSPS) is 15.3. The number of benzene rings is 2. The number of rotatable bonds is 7. The molecule has 0 radical (unpaired) electrons. The van der Waals surface area contributed by atoms with E-state index in [4.69, 9.17) is 0 Å². The fourth-order valence-corrected chi connectivity index (χ4v) is 3.87. The van der Waals surface area contributed by atoms with Gasteiger partial charge in [-0.25, -0.2) is 0 Å². The van der Waals surface area contributed by atoms with Gasteiger partial charge in [-0.1, -0.05) is 48.5 Å². The Balaban J connectivity index is 1.47. The number of para-hydroxylation sites is 1. The van der Waals surface area contributed by atoms with Crippen LogP contribution in [0.4, 0.5) is 5.69 Å². The van der Waals surface area contributed by atoms with Crippen LogP contribution in [0, 0.1) is 5.92 Å². The standard InChI is InChI=1S/C24H31N3O2/c1-19(2)27(22-11-7-4-8-12-22)23(28)18-26-15-13-21(14-16-26)24(29)25-17-20-9-5-3-6-10-20/h3-12,19,21H,13-18H2,1-2H3,(H,25,29). The molecule has 29 heavy (non-hydrogen) atoms. The van der Waals surface area contributed by atoms with Crippen molar-refractivity contribution >= 4 is 17.5 Å². The van der Waals surface area contributed by atoms with Crippen LogP contribution in [0.3, 0.4) is 0 Å². The van der Waals surface area contributed by atoms with Crippen molar-refractivity contribution < 1.29 is 9.59 Å². The van der Waals surface area contributed by atoms with E-state index in [-0.39, 0.29) is 23.8 Å². The maximum atomic E-state index is 12.9. The van der Waals surface area contributed by atoms with Crippen molar-refractivity contribution in [1.82, 2.24) is 10.2 Å². The minimum atomic E-state index is 0.0281. The molecule has 5 heteroatoms. The Morgan fingerprint density at radius 3 is 2.17 bits per heavy atom. The molecule has 1 saturated heterocycles. The average molecular weight is 394 g/mol. The lowest BCUT2D eigenvalue weighted by Crippen LogP contribution is -2.47. The van der Waals surface area contributed by atoms with Gasteiger partial charge in [0.25, 0.3) is 0 Å². The first-order valence-corrected chi connectivity index (χ1v) is 10.5. The molecule has 154 valence electrons. The molecule has 2 aromatic rings. The summed E-state index contributed by atoms with van der Waals surface area (Å²) in [6.45, 7) is 6.58. The van der Waals surface area contributed by atoms with Gasteiger partial charge in [0.05, 0.1) is 6.54 Å². The van der Waals surface area contributed by atoms with Crippen molar-refractivity contribution in [1.29, 1.82) is 0 Å². The molecule has 0 saturated carbocycles. The molecule has 1 fully saturated rings. The Labute approximate surface area is 173 Å². The van der Waals surface area contributed by atoms with E-state index < -0.39 is 0 Å². The lowest BCUT2D eigenvalue weighted by atomic mass is 9.95. The molecule has 1 aliphatic rings. The second-order valence-corrected chi connectivity index (χ2v) is 7.95. The number of carbonyl (C=O) groups excluding carboxylic acids is 2. The third-order valence-corrected chi connectivity index (χ3v) is 5.45. The van der Waals surface area contributed by atoms with Gasteiger partial charge in [0.1, 0.15) is 0 Å². The first kappa shape index (κ1) is 21.1. The highest BCUT2D eigenvalue weighted by Gasteiger charge is 2.27. The predicted molar refractivity (Wildman–Crippen MR) is 117 cm³/mol. The molecule has 2 amide bonds. The van der Waals surface area contributed by atoms with Gasteiger partial charge in [-0.2, -0.15) is 0 Å². The summed E-state index contributed by atoms with van der Waals surface area (Å²) in [5.41, 5.74) is 2.04. The fourth-order valence-electron chi connectivity index (χ4n) is 3.87. The summed E-state index contributed by atoms with van der Waals surface area (Å²) in [4.78, 5) is 29.4. The zero-order chi connectivity index (χ0) is 20.6. The van der Waals surface area contributed by atoms with Crippen LogP contribution in [0.5, 0.6) is 0 Å². The Hall–Kier alpha value is -2.66. The van der Waals surface area contributed by atoms with Crippen molar-refractivity contribution in [2.75, 3.05) is 24.5 Å². The van der Waals surface area contributed by atoms with Gasteiger partial charge in [0.15, 0.2) is 0 Å². The number of likely N-dealkylation sites (tertiary alicyclic amines) is 1. The van der Waals surface area contributed by atoms with Gasteiger partial charge < -0.3 is 10.2 Å². The number of piperidine rings is 1. The number of nitrogens with zero attached hydrogens (tertiary/aromatic N) is 2. The number of hydrogen-bond acceptors (Lipinski definition) is 3. The Morgan fingerprint density at radius 2 is 1.59 bits per heavy atom. The molecule has 0 aromatic heterocycles. The van der Waals surface area contributed by atoms with Crippen LogP contribution < -0.4 is 10.2 Å². The average Bonchev–Trinajstić information content (AvgIpc) is 2.74. The summed E-state index contributed by atoms with van der Waals surface area (Å²) in [6.07, 6.45) is 1.59. The van der Waals surface area contributed by atoms with E-state index >= 15 is 0 Å². The summed E-state index contributed by atoms with van der Waals surface area (Å²) < 4.78 is 0. The van der Waals surface area contributed by atoms with Crippen LogP contribution in [0.1, 0.15) is 32.3 Å². The predicted octanol–water partition coefficient (Wildman–Crippen LogP) is 3.46. The molecule has 2 aromatic carbocycles. The molecular weight excluding hydrogens is 362 g/mol. The Bertz CT molecular complexity index is 784. The first-order valence-electron chi connectivity index (χ1n) is 10.5. The zero-order valence-corrected chi connectivity index (χ0v) is 17.4. The molecule has 1 heterocycles. The minimum Gasteiger partial charge on any atom is -0.352 e. The summed E-state index contributed by atoms with van der Waals surface area (Å²) in [6, 6.07) is 19.9. The topological polar surface area (TPSA) is 52.7 Å². The molecule has 1 aliphatic heterocycles. The maximum absolute atomic E-state index is 12.9. The quantitative estimate of drug-likeness (QED) is 0.784. The van der Waals surface area contributed by atoms with Gasteiger partial charge in [-0.05, 0) is 57.5 Å². The van der Waals surface area contributed by atoms with E-state index in [1.165, 1.54) is 0 Å². The van der Waals surface area contributed by atoms with Crippen LogP contribution >= 0.6 is 0 Å². The molecule has 0 spiro atoms. The summed E-state index contributed by atoms with van der Waals surface area (Å²) in [7, 11) is 0. The lowest BCUT2D eigenvalue weighted by molar-refractivity contribution is -0.126. The SMILES string of the molecule is CC(C)N(C(=O)CN1CCC(C(=O)NCc2ccccc2)CC1)c1ccccc1. The van der Waals surface area contributed by atoms with Gasteiger partial charge in [-0.15, -0.1) is 0 Å². The molecule has 0 unspecified atom stereocenters. The van der Waals surface area contributed by atoms with Crippen LogP contribution in [-0.4, -0.2) is 42.4 Å². The minimum absolute atomic E-state index is 0.0281. The van der Waals surface area contributed by atoms with E-state index in [9.17, 15) is 9.59 Å². The van der Waals surface area contributed by atoms with Gasteiger partial charge in [-0.3, -0.25) is 14.5 Å². The third-order valence-electron chi connectivity index (χ3n) is 5.45. The smallest absolute Gasteiger partial charge is 0.241 e. The zero-order valence-electron chi connectivity index (χ0n) is 17.4. The van der Waals surface area contributed by atoms with E-state index in [0.717, 1.165) is 37.2 Å². The molecule has 0 bridgehead atoms. The van der Waals surface area contributed by atoms with Crippen LogP contribution in [-0.2, 0) is 16.1 Å². The number of anilines is 1. The van der Waals surface area contributed by atoms with Crippen molar-refractivity contribution in [3.8, 4) is 0 Å². The molecule has 5 nitrogen and oxygen atoms in total. The van der Waals surface area contributed by atoms with Crippen molar-refractivity contribution in [3.05, 3.63) is 66.2 Å². The summed E-state index contributed by atoms with van der Waals surface area (Å²) in [5, 5.41) is 3.05. The highest BCUT2D eigenvalue weighted by atomic mass is 16.2. The van der Waals surface area contributed by atoms with Crippen LogP contribution in [0.15, 0.2) is 60.7 Å². The van der Waals surface area contributed by atoms with Gasteiger partial charge >= 0.3 is 0 Å². The molecule has 3 rings (SSSR count). The van der Waals surface area contributed by atoms with E-state index in [2.05, 4.69) is 10.2 Å². The largest absolute Gasteiger partial charge is 0.352 e. The van der Waals surface area contributed by atoms with Crippen molar-refractivity contribution in [3.63, 3.8) is 0 Å². The number of nitrogens with one attached hydrogen (secondary N) is 1. The second kappa shape index (κ2) is 10.2. The number of hydrogen-bond donors (Lipinski definition) is 1. The van der Waals surface area contributed by atoms with Crippen LogP contribution in [0.25, 0.3) is 0 Å². The Kier molecular flexibility index (Phi) is 7.42. The van der Waals surface area contributed by atoms with E-state index in [1.54, 1.807) is 0 Å². The lowest BCUT2D eigenvalue weighted by Gasteiger charge is -2.34. The molecule has 0 aliphatic carbocycles. The van der Waals surface area contributed by atoms with E-state index in [0.29, 0.717) is 13.1 Å². The summed E-state index contributed by atoms with van der Waals surface area (Å²) >= 11 is 0. The third kappa shape index (κ3) is 5.91.